The summed E-state index contributed by atoms with van der Waals surface area (Å²) in [5.74, 6) is 0. The smallest absolute Gasteiger partial charge is 0.0701 e. The molecule has 4 nitrogen and oxygen atoms in total. The van der Waals surface area contributed by atoms with Gasteiger partial charge in [0.15, 0.2) is 0 Å². The molecule has 0 heterocycles. The van der Waals surface area contributed by atoms with E-state index in [1.807, 2.05) is 36.4 Å². The van der Waals surface area contributed by atoms with Crippen molar-refractivity contribution in [1.29, 1.82) is 0 Å². The molecule has 0 aliphatic heterocycles. The molecule has 0 atom stereocenters. The van der Waals surface area contributed by atoms with E-state index in [4.69, 9.17) is 18.9 Å². The van der Waals surface area contributed by atoms with Crippen molar-refractivity contribution in [2.75, 3.05) is 53.9 Å². The molecule has 0 bridgehead atoms. The third-order valence-electron chi connectivity index (χ3n) is 1.90. The second-order valence-corrected chi connectivity index (χ2v) is 3.37. The predicted molar refractivity (Wildman–Crippen MR) is 71.8 cm³/mol. The number of ether oxygens (including phenoxy) is 4. The minimum Gasteiger partial charge on any atom is -0.382 e. The number of benzene rings is 1. The highest BCUT2D eigenvalue weighted by atomic mass is 16.5. The summed E-state index contributed by atoms with van der Waals surface area (Å²) in [7, 11) is 3.30. The quantitative estimate of drug-likeness (QED) is 0.633. The van der Waals surface area contributed by atoms with Crippen LogP contribution in [0.25, 0.3) is 0 Å². The lowest BCUT2D eigenvalue weighted by Gasteiger charge is -2.04. The van der Waals surface area contributed by atoms with Crippen molar-refractivity contribution >= 4 is 0 Å². The van der Waals surface area contributed by atoms with E-state index < -0.39 is 0 Å². The average Bonchev–Trinajstić information content (AvgIpc) is 2.44. The Labute approximate surface area is 110 Å². The van der Waals surface area contributed by atoms with Crippen molar-refractivity contribution in [3.8, 4) is 0 Å². The molecule has 0 saturated carbocycles. The van der Waals surface area contributed by atoms with E-state index in [0.717, 1.165) is 0 Å². The summed E-state index contributed by atoms with van der Waals surface area (Å²) in [4.78, 5) is 0. The van der Waals surface area contributed by atoms with Crippen LogP contribution in [0.1, 0.15) is 0 Å². The molecule has 0 aliphatic carbocycles. The van der Waals surface area contributed by atoms with Crippen molar-refractivity contribution in [3.63, 3.8) is 0 Å². The van der Waals surface area contributed by atoms with Crippen molar-refractivity contribution in [2.45, 2.75) is 0 Å². The Balaban J connectivity index is 0.000000397. The van der Waals surface area contributed by atoms with E-state index in [9.17, 15) is 0 Å². The zero-order valence-corrected chi connectivity index (χ0v) is 11.3. The Morgan fingerprint density at radius 2 is 0.778 bits per heavy atom. The van der Waals surface area contributed by atoms with Crippen LogP contribution in [0.15, 0.2) is 36.4 Å². The van der Waals surface area contributed by atoms with Crippen molar-refractivity contribution in [2.24, 2.45) is 0 Å². The summed E-state index contributed by atoms with van der Waals surface area (Å²) in [6.45, 7) is 3.77. The Kier molecular flexibility index (Phi) is 15.2. The van der Waals surface area contributed by atoms with Crippen LogP contribution in [-0.4, -0.2) is 53.9 Å². The van der Waals surface area contributed by atoms with Gasteiger partial charge in [0.1, 0.15) is 0 Å². The Hall–Kier alpha value is -0.940. The molecule has 0 fully saturated rings. The maximum Gasteiger partial charge on any atom is 0.0701 e. The Morgan fingerprint density at radius 1 is 0.500 bits per heavy atom. The summed E-state index contributed by atoms with van der Waals surface area (Å²) in [6.07, 6.45) is 0. The first kappa shape index (κ1) is 17.1. The van der Waals surface area contributed by atoms with Gasteiger partial charge in [0.2, 0.25) is 0 Å². The van der Waals surface area contributed by atoms with Gasteiger partial charge in [0.05, 0.1) is 39.6 Å². The zero-order chi connectivity index (χ0) is 13.3. The van der Waals surface area contributed by atoms with E-state index in [2.05, 4.69) is 0 Å². The summed E-state index contributed by atoms with van der Waals surface area (Å²) >= 11 is 0. The molecule has 1 rings (SSSR count). The second kappa shape index (κ2) is 16.1. The van der Waals surface area contributed by atoms with Gasteiger partial charge in [-0.15, -0.1) is 0 Å². The highest BCUT2D eigenvalue weighted by Gasteiger charge is 1.88. The second-order valence-electron chi connectivity index (χ2n) is 3.37. The van der Waals surface area contributed by atoms with E-state index >= 15 is 0 Å². The molecular formula is C14H24O4. The molecule has 0 aliphatic rings. The van der Waals surface area contributed by atoms with Gasteiger partial charge in [-0.3, -0.25) is 0 Å². The molecule has 18 heavy (non-hydrogen) atoms. The molecule has 0 spiro atoms. The SMILES string of the molecule is COCCOCCOCCOC.c1ccccc1. The van der Waals surface area contributed by atoms with Crippen LogP contribution in [0.5, 0.6) is 0 Å². The summed E-state index contributed by atoms with van der Waals surface area (Å²) in [5.41, 5.74) is 0. The van der Waals surface area contributed by atoms with Crippen LogP contribution < -0.4 is 0 Å². The third kappa shape index (κ3) is 15.1. The largest absolute Gasteiger partial charge is 0.382 e. The lowest BCUT2D eigenvalue weighted by atomic mass is 10.4. The maximum atomic E-state index is 5.16. The standard InChI is InChI=1S/C8H18O4.C6H6/c1-9-3-5-11-7-8-12-6-4-10-2;1-2-4-6-5-3-1/h3-8H2,1-2H3;1-6H. The summed E-state index contributed by atoms with van der Waals surface area (Å²) in [5, 5.41) is 0. The van der Waals surface area contributed by atoms with Crippen LogP contribution in [0, 0.1) is 0 Å². The normalized spacial score (nSPS) is 9.67. The number of rotatable bonds is 9. The Bertz CT molecular complexity index is 192. The fraction of sp³-hybridized carbons (Fsp3) is 0.571. The number of hydrogen-bond donors (Lipinski definition) is 0. The van der Waals surface area contributed by atoms with Gasteiger partial charge in [0.25, 0.3) is 0 Å². The van der Waals surface area contributed by atoms with Crippen LogP contribution in [-0.2, 0) is 18.9 Å². The molecule has 1 aromatic carbocycles. The molecule has 104 valence electrons. The molecule has 0 radical (unpaired) electrons. The van der Waals surface area contributed by atoms with Crippen LogP contribution in [0.3, 0.4) is 0 Å². The molecule has 0 amide bonds. The van der Waals surface area contributed by atoms with E-state index in [-0.39, 0.29) is 0 Å². The first-order chi connectivity index (χ1) is 8.91. The summed E-state index contributed by atoms with van der Waals surface area (Å²) < 4.78 is 19.9. The summed E-state index contributed by atoms with van der Waals surface area (Å²) in [6, 6.07) is 12.0. The fourth-order valence-corrected chi connectivity index (χ4v) is 0.991. The lowest BCUT2D eigenvalue weighted by molar-refractivity contribution is 0.0106. The van der Waals surface area contributed by atoms with Crippen LogP contribution in [0.2, 0.25) is 0 Å². The highest BCUT2D eigenvalue weighted by Crippen LogP contribution is 1.80. The van der Waals surface area contributed by atoms with E-state index in [1.165, 1.54) is 0 Å². The van der Waals surface area contributed by atoms with Crippen LogP contribution >= 0.6 is 0 Å². The van der Waals surface area contributed by atoms with Gasteiger partial charge in [-0.25, -0.2) is 0 Å². The van der Waals surface area contributed by atoms with Gasteiger partial charge in [-0.2, -0.15) is 0 Å². The topological polar surface area (TPSA) is 36.9 Å². The fourth-order valence-electron chi connectivity index (χ4n) is 0.991. The molecule has 1 aromatic rings. The molecule has 0 aromatic heterocycles. The first-order valence-corrected chi connectivity index (χ1v) is 6.05. The van der Waals surface area contributed by atoms with Crippen molar-refractivity contribution < 1.29 is 18.9 Å². The number of hydrogen-bond acceptors (Lipinski definition) is 4. The monoisotopic (exact) mass is 256 g/mol. The molecular weight excluding hydrogens is 232 g/mol. The van der Waals surface area contributed by atoms with Gasteiger partial charge < -0.3 is 18.9 Å². The minimum atomic E-state index is 0.618. The van der Waals surface area contributed by atoms with Crippen LogP contribution in [0.4, 0.5) is 0 Å². The lowest BCUT2D eigenvalue weighted by Crippen LogP contribution is -2.10. The minimum absolute atomic E-state index is 0.618. The average molecular weight is 256 g/mol. The van der Waals surface area contributed by atoms with Crippen molar-refractivity contribution in [3.05, 3.63) is 36.4 Å². The van der Waals surface area contributed by atoms with Gasteiger partial charge in [0, 0.05) is 14.2 Å². The molecule has 0 N–H and O–H groups in total. The van der Waals surface area contributed by atoms with Gasteiger partial charge >= 0.3 is 0 Å². The molecule has 0 saturated heterocycles. The maximum absolute atomic E-state index is 5.16. The first-order valence-electron chi connectivity index (χ1n) is 6.05. The Morgan fingerprint density at radius 3 is 1.06 bits per heavy atom. The van der Waals surface area contributed by atoms with Gasteiger partial charge in [-0.05, 0) is 0 Å². The number of methoxy groups -OCH3 is 2. The molecule has 4 heteroatoms. The zero-order valence-electron chi connectivity index (χ0n) is 11.3. The molecule has 0 unspecified atom stereocenters. The van der Waals surface area contributed by atoms with E-state index in [0.29, 0.717) is 39.6 Å². The predicted octanol–water partition coefficient (Wildman–Crippen LogP) is 2.00. The third-order valence-corrected chi connectivity index (χ3v) is 1.90. The van der Waals surface area contributed by atoms with E-state index in [1.54, 1.807) is 14.2 Å². The van der Waals surface area contributed by atoms with Gasteiger partial charge in [-0.1, -0.05) is 36.4 Å². The highest BCUT2D eigenvalue weighted by molar-refractivity contribution is 4.99. The van der Waals surface area contributed by atoms with Crippen molar-refractivity contribution in [1.82, 2.24) is 0 Å².